The van der Waals surface area contributed by atoms with Crippen molar-refractivity contribution >= 4 is 0 Å². The second-order valence-corrected chi connectivity index (χ2v) is 2.75. The third-order valence-corrected chi connectivity index (χ3v) is 1.70. The SMILES string of the molecule is COc1nc(C(F)(F)F)c(C(F)F)cc1O. The molecule has 0 fully saturated rings. The molecule has 0 bridgehead atoms. The molecule has 0 aliphatic carbocycles. The van der Waals surface area contributed by atoms with Gasteiger partial charge in [0.1, 0.15) is 0 Å². The van der Waals surface area contributed by atoms with Crippen LogP contribution in [0.3, 0.4) is 0 Å². The minimum absolute atomic E-state index is 0.291. The molecule has 8 heteroatoms. The lowest BCUT2D eigenvalue weighted by atomic mass is 10.2. The normalized spacial score (nSPS) is 11.9. The van der Waals surface area contributed by atoms with Gasteiger partial charge in [-0.2, -0.15) is 13.2 Å². The lowest BCUT2D eigenvalue weighted by molar-refractivity contribution is -0.143. The van der Waals surface area contributed by atoms with Crippen molar-refractivity contribution in [1.29, 1.82) is 0 Å². The molecule has 1 N–H and O–H groups in total. The zero-order valence-electron chi connectivity index (χ0n) is 7.85. The van der Waals surface area contributed by atoms with E-state index in [1.165, 1.54) is 0 Å². The van der Waals surface area contributed by atoms with E-state index in [0.29, 0.717) is 6.07 Å². The molecule has 0 saturated heterocycles. The van der Waals surface area contributed by atoms with Crippen LogP contribution < -0.4 is 4.74 Å². The Labute approximate surface area is 86.5 Å². The van der Waals surface area contributed by atoms with Gasteiger partial charge in [0.05, 0.1) is 12.7 Å². The summed E-state index contributed by atoms with van der Waals surface area (Å²) in [5, 5.41) is 9.04. The first kappa shape index (κ1) is 12.5. The topological polar surface area (TPSA) is 42.4 Å². The van der Waals surface area contributed by atoms with E-state index in [-0.39, 0.29) is 0 Å². The van der Waals surface area contributed by atoms with E-state index in [1.54, 1.807) is 0 Å². The number of pyridine rings is 1. The quantitative estimate of drug-likeness (QED) is 0.812. The van der Waals surface area contributed by atoms with Crippen LogP contribution in [0.15, 0.2) is 6.07 Å². The van der Waals surface area contributed by atoms with E-state index in [1.807, 2.05) is 0 Å². The summed E-state index contributed by atoms with van der Waals surface area (Å²) in [5.41, 5.74) is -3.15. The van der Waals surface area contributed by atoms with E-state index >= 15 is 0 Å². The van der Waals surface area contributed by atoms with Crippen molar-refractivity contribution < 1.29 is 31.8 Å². The van der Waals surface area contributed by atoms with E-state index in [4.69, 9.17) is 5.11 Å². The monoisotopic (exact) mass is 243 g/mol. The van der Waals surface area contributed by atoms with Crippen LogP contribution in [0.2, 0.25) is 0 Å². The summed E-state index contributed by atoms with van der Waals surface area (Å²) in [6.45, 7) is 0. The van der Waals surface area contributed by atoms with Crippen LogP contribution in [0.1, 0.15) is 17.7 Å². The van der Waals surface area contributed by atoms with Crippen molar-refractivity contribution in [1.82, 2.24) is 4.98 Å². The zero-order valence-corrected chi connectivity index (χ0v) is 7.85. The van der Waals surface area contributed by atoms with Gasteiger partial charge < -0.3 is 9.84 Å². The van der Waals surface area contributed by atoms with E-state index in [0.717, 1.165) is 7.11 Å². The Morgan fingerprint density at radius 2 is 1.94 bits per heavy atom. The largest absolute Gasteiger partial charge is 0.503 e. The molecule has 1 heterocycles. The van der Waals surface area contributed by atoms with Gasteiger partial charge in [-0.15, -0.1) is 0 Å². The highest BCUT2D eigenvalue weighted by molar-refractivity contribution is 5.40. The molecule has 0 spiro atoms. The summed E-state index contributed by atoms with van der Waals surface area (Å²) in [6.07, 6.45) is -8.42. The van der Waals surface area contributed by atoms with Crippen molar-refractivity contribution in [3.8, 4) is 11.6 Å². The average Bonchev–Trinajstić information content (AvgIpc) is 2.15. The molecule has 0 atom stereocenters. The highest BCUT2D eigenvalue weighted by atomic mass is 19.4. The van der Waals surface area contributed by atoms with Crippen LogP contribution in [0.4, 0.5) is 22.0 Å². The summed E-state index contributed by atoms with van der Waals surface area (Å²) in [5.74, 6) is -1.62. The minimum Gasteiger partial charge on any atom is -0.503 e. The van der Waals surface area contributed by atoms with Gasteiger partial charge in [-0.1, -0.05) is 0 Å². The Bertz CT molecular complexity index is 391. The summed E-state index contributed by atoms with van der Waals surface area (Å²) < 4.78 is 65.8. The van der Waals surface area contributed by atoms with Crippen LogP contribution >= 0.6 is 0 Å². The molecular formula is C8H6F5NO2. The second kappa shape index (κ2) is 4.11. The lowest BCUT2D eigenvalue weighted by Crippen LogP contribution is -2.13. The fraction of sp³-hybridized carbons (Fsp3) is 0.375. The van der Waals surface area contributed by atoms with Gasteiger partial charge in [0.15, 0.2) is 11.4 Å². The number of hydrogen-bond donors (Lipinski definition) is 1. The summed E-state index contributed by atoms with van der Waals surface area (Å²) in [6, 6.07) is 0.291. The van der Waals surface area contributed by atoms with Gasteiger partial charge in [0.25, 0.3) is 12.3 Å². The Hall–Kier alpha value is -1.60. The summed E-state index contributed by atoms with van der Waals surface area (Å²) in [7, 11) is 0.963. The predicted octanol–water partition coefficient (Wildman–Crippen LogP) is 2.75. The number of aromatic hydroxyl groups is 1. The molecule has 1 aromatic rings. The van der Waals surface area contributed by atoms with Crippen molar-refractivity contribution in [2.45, 2.75) is 12.6 Å². The van der Waals surface area contributed by atoms with Gasteiger partial charge in [-0.25, -0.2) is 13.8 Å². The van der Waals surface area contributed by atoms with Crippen LogP contribution in [-0.4, -0.2) is 17.2 Å². The van der Waals surface area contributed by atoms with E-state index < -0.39 is 35.5 Å². The van der Waals surface area contributed by atoms with Crippen LogP contribution in [-0.2, 0) is 6.18 Å². The molecule has 90 valence electrons. The third-order valence-electron chi connectivity index (χ3n) is 1.70. The molecule has 0 unspecified atom stereocenters. The molecule has 0 radical (unpaired) electrons. The number of alkyl halides is 5. The third kappa shape index (κ3) is 2.31. The molecule has 0 saturated carbocycles. The number of hydrogen-bond acceptors (Lipinski definition) is 3. The van der Waals surface area contributed by atoms with Crippen LogP contribution in [0, 0.1) is 0 Å². The summed E-state index contributed by atoms with van der Waals surface area (Å²) in [4.78, 5) is 2.81. The van der Waals surface area contributed by atoms with Gasteiger partial charge in [0, 0.05) is 0 Å². The summed E-state index contributed by atoms with van der Waals surface area (Å²) >= 11 is 0. The zero-order chi connectivity index (χ0) is 12.5. The molecule has 0 aliphatic heterocycles. The molecule has 0 amide bonds. The van der Waals surface area contributed by atoms with Gasteiger partial charge in [-0.05, 0) is 6.07 Å². The van der Waals surface area contributed by atoms with Crippen LogP contribution in [0.25, 0.3) is 0 Å². The first-order chi connectivity index (χ1) is 7.27. The smallest absolute Gasteiger partial charge is 0.433 e. The van der Waals surface area contributed by atoms with Gasteiger partial charge in [-0.3, -0.25) is 0 Å². The lowest BCUT2D eigenvalue weighted by Gasteiger charge is -2.13. The Balaban J connectivity index is 3.43. The number of nitrogens with zero attached hydrogens (tertiary/aromatic N) is 1. The maximum absolute atomic E-state index is 12.3. The number of methoxy groups -OCH3 is 1. The highest BCUT2D eigenvalue weighted by Crippen LogP contribution is 2.39. The van der Waals surface area contributed by atoms with Crippen LogP contribution in [0.5, 0.6) is 11.6 Å². The number of ether oxygens (including phenoxy) is 1. The number of aromatic nitrogens is 1. The standard InChI is InChI=1S/C8H6F5NO2/c1-16-7-4(15)2-3(6(9)10)5(14-7)8(11,12)13/h2,6,15H,1H3. The second-order valence-electron chi connectivity index (χ2n) is 2.75. The maximum Gasteiger partial charge on any atom is 0.433 e. The van der Waals surface area contributed by atoms with Crippen molar-refractivity contribution in [2.24, 2.45) is 0 Å². The number of rotatable bonds is 2. The predicted molar refractivity (Wildman–Crippen MR) is 42.4 cm³/mol. The molecule has 0 aromatic carbocycles. The average molecular weight is 243 g/mol. The van der Waals surface area contributed by atoms with E-state index in [2.05, 4.69) is 9.72 Å². The molecule has 0 aliphatic rings. The fourth-order valence-electron chi connectivity index (χ4n) is 1.04. The van der Waals surface area contributed by atoms with Gasteiger partial charge >= 0.3 is 6.18 Å². The minimum atomic E-state index is -5.03. The highest BCUT2D eigenvalue weighted by Gasteiger charge is 2.39. The molecule has 16 heavy (non-hydrogen) atoms. The number of halogens is 5. The first-order valence-corrected chi connectivity index (χ1v) is 3.90. The van der Waals surface area contributed by atoms with Crippen molar-refractivity contribution in [3.63, 3.8) is 0 Å². The molecule has 3 nitrogen and oxygen atoms in total. The molecule has 1 aromatic heterocycles. The molecular weight excluding hydrogens is 237 g/mol. The van der Waals surface area contributed by atoms with Gasteiger partial charge in [0.2, 0.25) is 0 Å². The van der Waals surface area contributed by atoms with E-state index in [9.17, 15) is 22.0 Å². The Morgan fingerprint density at radius 3 is 2.31 bits per heavy atom. The Morgan fingerprint density at radius 1 is 1.38 bits per heavy atom. The fourth-order valence-corrected chi connectivity index (χ4v) is 1.04. The van der Waals surface area contributed by atoms with Crippen molar-refractivity contribution in [2.75, 3.05) is 7.11 Å². The first-order valence-electron chi connectivity index (χ1n) is 3.90. The molecule has 1 rings (SSSR count). The Kier molecular flexibility index (Phi) is 3.20. The maximum atomic E-state index is 12.3. The van der Waals surface area contributed by atoms with Crippen molar-refractivity contribution in [3.05, 3.63) is 17.3 Å².